The summed E-state index contributed by atoms with van der Waals surface area (Å²) in [4.78, 5) is 5.39. The van der Waals surface area contributed by atoms with Crippen LogP contribution in [0.15, 0.2) is 127 Å². The van der Waals surface area contributed by atoms with Crippen molar-refractivity contribution in [3.63, 3.8) is 0 Å². The molecule has 2 aliphatic rings. The molecule has 0 N–H and O–H groups in total. The average Bonchev–Trinajstić information content (AvgIpc) is 3.96. The summed E-state index contributed by atoms with van der Waals surface area (Å²) in [6, 6.07) is 50.6. The number of nitrogens with zero attached hydrogens (tertiary/aromatic N) is 3. The lowest BCUT2D eigenvalue weighted by molar-refractivity contribution is 0.590. The van der Waals surface area contributed by atoms with Gasteiger partial charge < -0.3 is 14.2 Å². The standard InChI is InChI=1S/C64H66BN3S/c1-60(2,3)38-20-26-43(27-21-38)66-50-30-24-41(63(10,11)12)35-46(50)65-47-36-42(64(13,14)15)25-31-51(47)68(53-32-37-18-16-17-19-52(37)69-53)59-55-45-34-40(62(7,8)9)23-29-49(45)67-48-28-22-39(61(4,5)6)33-44(48)54(57(55)67)58(66)56(59)65/h16-36H,1-15H3. The Labute approximate surface area is 414 Å². The maximum Gasteiger partial charge on any atom is 0.252 e. The Bertz CT molecular complexity index is 3720. The van der Waals surface area contributed by atoms with Crippen LogP contribution in [0.1, 0.15) is 132 Å². The van der Waals surface area contributed by atoms with Crippen molar-refractivity contribution in [2.75, 3.05) is 9.80 Å². The fourth-order valence-corrected chi connectivity index (χ4v) is 12.8. The highest BCUT2D eigenvalue weighted by Crippen LogP contribution is 2.56. The quantitative estimate of drug-likeness (QED) is 0.160. The zero-order chi connectivity index (χ0) is 48.6. The van der Waals surface area contributed by atoms with Crippen molar-refractivity contribution in [1.29, 1.82) is 0 Å². The second-order valence-electron chi connectivity index (χ2n) is 25.6. The van der Waals surface area contributed by atoms with E-state index in [9.17, 15) is 0 Å². The number of benzene rings is 7. The molecule has 0 radical (unpaired) electrons. The molecule has 69 heavy (non-hydrogen) atoms. The van der Waals surface area contributed by atoms with Crippen molar-refractivity contribution in [3.8, 4) is 0 Å². The minimum absolute atomic E-state index is 0.0194. The highest BCUT2D eigenvalue weighted by atomic mass is 32.1. The first-order valence-electron chi connectivity index (χ1n) is 25.2. The summed E-state index contributed by atoms with van der Waals surface area (Å²) in [6.07, 6.45) is 0. The predicted molar refractivity (Wildman–Crippen MR) is 304 cm³/mol. The van der Waals surface area contributed by atoms with Gasteiger partial charge in [0.15, 0.2) is 0 Å². The summed E-state index contributed by atoms with van der Waals surface area (Å²) in [6.45, 7) is 35.3. The molecule has 0 spiro atoms. The Balaban J connectivity index is 1.37. The van der Waals surface area contributed by atoms with Crippen molar-refractivity contribution in [1.82, 2.24) is 4.40 Å². The zero-order valence-corrected chi connectivity index (χ0v) is 44.3. The maximum atomic E-state index is 2.71. The van der Waals surface area contributed by atoms with Gasteiger partial charge in [-0.1, -0.05) is 171 Å². The summed E-state index contributed by atoms with van der Waals surface area (Å²) in [5, 5.41) is 7.82. The zero-order valence-electron chi connectivity index (χ0n) is 43.5. The molecule has 0 saturated carbocycles. The second kappa shape index (κ2) is 14.3. The van der Waals surface area contributed by atoms with E-state index in [0.29, 0.717) is 0 Å². The highest BCUT2D eigenvalue weighted by molar-refractivity contribution is 7.23. The van der Waals surface area contributed by atoms with Gasteiger partial charge in [-0.2, -0.15) is 0 Å². The van der Waals surface area contributed by atoms with E-state index >= 15 is 0 Å². The van der Waals surface area contributed by atoms with Crippen LogP contribution in [0.25, 0.3) is 48.2 Å². The summed E-state index contributed by atoms with van der Waals surface area (Å²) in [5.74, 6) is 0. The van der Waals surface area contributed by atoms with E-state index in [1.54, 1.807) is 0 Å². The normalized spacial score (nSPS) is 14.5. The molecule has 0 amide bonds. The van der Waals surface area contributed by atoms with Crippen molar-refractivity contribution >= 4 is 116 Å². The van der Waals surface area contributed by atoms with Crippen LogP contribution in [0.5, 0.6) is 0 Å². The Morgan fingerprint density at radius 1 is 0.420 bits per heavy atom. The summed E-state index contributed by atoms with van der Waals surface area (Å²) < 4.78 is 3.94. The monoisotopic (exact) mass is 920 g/mol. The Hall–Kier alpha value is -6.04. The smallest absolute Gasteiger partial charge is 0.252 e. The lowest BCUT2D eigenvalue weighted by Crippen LogP contribution is -2.61. The van der Waals surface area contributed by atoms with Gasteiger partial charge in [-0.15, -0.1) is 11.3 Å². The van der Waals surface area contributed by atoms with E-state index in [-0.39, 0.29) is 33.8 Å². The van der Waals surface area contributed by atoms with E-state index < -0.39 is 0 Å². The van der Waals surface area contributed by atoms with Crippen LogP contribution in [-0.4, -0.2) is 11.1 Å². The van der Waals surface area contributed by atoms with Gasteiger partial charge >= 0.3 is 0 Å². The van der Waals surface area contributed by atoms with Crippen molar-refractivity contribution in [3.05, 3.63) is 155 Å². The molecule has 0 saturated heterocycles. The third-order valence-corrected chi connectivity index (χ3v) is 16.8. The lowest BCUT2D eigenvalue weighted by atomic mass is 9.33. The van der Waals surface area contributed by atoms with Crippen molar-refractivity contribution in [2.24, 2.45) is 0 Å². The lowest BCUT2D eigenvalue weighted by Gasteiger charge is -2.45. The molecular formula is C64H66BN3S. The molecule has 12 rings (SSSR count). The van der Waals surface area contributed by atoms with E-state index in [0.717, 1.165) is 0 Å². The third kappa shape index (κ3) is 6.51. The van der Waals surface area contributed by atoms with Crippen molar-refractivity contribution in [2.45, 2.75) is 131 Å². The Morgan fingerprint density at radius 3 is 1.35 bits per heavy atom. The maximum absolute atomic E-state index is 2.71. The van der Waals surface area contributed by atoms with Gasteiger partial charge in [0.1, 0.15) is 5.00 Å². The van der Waals surface area contributed by atoms with Crippen LogP contribution in [-0.2, 0) is 27.1 Å². The molecule has 0 aliphatic carbocycles. The molecule has 0 atom stereocenters. The molecule has 0 unspecified atom stereocenters. The van der Waals surface area contributed by atoms with Gasteiger partial charge in [0, 0.05) is 43.3 Å². The van der Waals surface area contributed by atoms with Crippen LogP contribution in [0, 0.1) is 0 Å². The largest absolute Gasteiger partial charge is 0.311 e. The highest BCUT2D eigenvalue weighted by Gasteiger charge is 2.48. The SMILES string of the molecule is CC(C)(C)c1ccc(N2c3ccc(C(C)(C)C)cc3B3c4cc(C(C)(C)C)ccc4N(c4cc5ccccc5s4)c4c3c2c2c3cc(C(C)(C)C)ccc3n3c5ccc(C(C)(C)C)cc5c4c23)cc1. The molecule has 0 bridgehead atoms. The van der Waals surface area contributed by atoms with Gasteiger partial charge in [-0.3, -0.25) is 0 Å². The first-order valence-corrected chi connectivity index (χ1v) is 26.0. The van der Waals surface area contributed by atoms with Gasteiger partial charge in [0.05, 0.1) is 27.9 Å². The molecule has 5 heterocycles. The molecular weight excluding hydrogens is 854 g/mol. The van der Waals surface area contributed by atoms with E-state index in [4.69, 9.17) is 0 Å². The second-order valence-corrected chi connectivity index (χ2v) is 26.6. The van der Waals surface area contributed by atoms with Gasteiger partial charge in [0.25, 0.3) is 6.71 Å². The summed E-state index contributed by atoms with van der Waals surface area (Å²) in [5.41, 5.74) is 20.8. The van der Waals surface area contributed by atoms with Crippen molar-refractivity contribution < 1.29 is 0 Å². The number of rotatable bonds is 2. The van der Waals surface area contributed by atoms with Gasteiger partial charge in [-0.25, -0.2) is 0 Å². The first kappa shape index (κ1) is 44.2. The first-order chi connectivity index (χ1) is 32.4. The molecule has 3 aromatic heterocycles. The van der Waals surface area contributed by atoms with E-state index in [2.05, 4.69) is 245 Å². The number of fused-ring (bicyclic) bond motifs is 13. The summed E-state index contributed by atoms with van der Waals surface area (Å²) >= 11 is 1.91. The fourth-order valence-electron chi connectivity index (χ4n) is 11.7. The van der Waals surface area contributed by atoms with Crippen LogP contribution >= 0.6 is 11.3 Å². The average molecular weight is 920 g/mol. The molecule has 0 fully saturated rings. The summed E-state index contributed by atoms with van der Waals surface area (Å²) in [7, 11) is 0. The number of hydrogen-bond acceptors (Lipinski definition) is 3. The van der Waals surface area contributed by atoms with E-state index in [1.807, 2.05) is 11.3 Å². The van der Waals surface area contributed by atoms with E-state index in [1.165, 1.54) is 126 Å². The fraction of sp³-hybridized carbons (Fsp3) is 0.312. The van der Waals surface area contributed by atoms with Crippen LogP contribution in [0.4, 0.5) is 33.4 Å². The van der Waals surface area contributed by atoms with Crippen LogP contribution in [0.3, 0.4) is 0 Å². The Kier molecular flexibility index (Phi) is 9.15. The number of hydrogen-bond donors (Lipinski definition) is 0. The topological polar surface area (TPSA) is 10.9 Å². The van der Waals surface area contributed by atoms with Gasteiger partial charge in [-0.05, 0) is 137 Å². The Morgan fingerprint density at radius 2 is 0.855 bits per heavy atom. The number of aromatic nitrogens is 1. The van der Waals surface area contributed by atoms with Crippen LogP contribution in [0.2, 0.25) is 0 Å². The third-order valence-electron chi connectivity index (χ3n) is 15.7. The molecule has 346 valence electrons. The molecule has 5 heteroatoms. The number of anilines is 6. The minimum Gasteiger partial charge on any atom is -0.311 e. The predicted octanol–water partition coefficient (Wildman–Crippen LogP) is 16.6. The molecule has 10 aromatic rings. The minimum atomic E-state index is -0.0533. The molecule has 3 nitrogen and oxygen atoms in total. The number of thiophene rings is 1. The molecule has 7 aromatic carbocycles. The van der Waals surface area contributed by atoms with Gasteiger partial charge in [0.2, 0.25) is 0 Å². The molecule has 2 aliphatic heterocycles. The van der Waals surface area contributed by atoms with Crippen LogP contribution < -0.4 is 26.2 Å².